The molecule has 0 spiro atoms. The average molecular weight is 227 g/mol. The molecule has 4 nitrogen and oxygen atoms in total. The Labute approximate surface area is 96.9 Å². The molecule has 1 heterocycles. The van der Waals surface area contributed by atoms with Gasteiger partial charge in [0.1, 0.15) is 0 Å². The lowest BCUT2D eigenvalue weighted by Gasteiger charge is -2.26. The van der Waals surface area contributed by atoms with Gasteiger partial charge in [0.25, 0.3) is 0 Å². The molecule has 0 saturated carbocycles. The molecule has 1 unspecified atom stereocenters. The fourth-order valence-electron chi connectivity index (χ4n) is 1.61. The third-order valence-electron chi connectivity index (χ3n) is 2.40. The Morgan fingerprint density at radius 2 is 2.00 bits per heavy atom. The van der Waals surface area contributed by atoms with Crippen molar-refractivity contribution in [2.45, 2.75) is 32.6 Å². The Kier molecular flexibility index (Phi) is 6.15. The molecule has 1 N–H and O–H groups in total. The number of ether oxygens (including phenoxy) is 2. The smallest absolute Gasteiger partial charge is 0.172 e. The van der Waals surface area contributed by atoms with Crippen LogP contribution in [0.5, 0.6) is 0 Å². The molecule has 92 valence electrons. The summed E-state index contributed by atoms with van der Waals surface area (Å²) in [5, 5.41) is 3.22. The molecule has 0 radical (unpaired) electrons. The van der Waals surface area contributed by atoms with E-state index in [9.17, 15) is 0 Å². The van der Waals surface area contributed by atoms with Crippen molar-refractivity contribution in [3.8, 4) is 0 Å². The zero-order valence-electron chi connectivity index (χ0n) is 10.2. The van der Waals surface area contributed by atoms with Crippen molar-refractivity contribution in [1.29, 1.82) is 0 Å². The second-order valence-electron chi connectivity index (χ2n) is 3.51. The molecule has 1 aromatic heterocycles. The Bertz CT molecular complexity index is 255. The standard InChI is InChI=1S/C12H21NO3/c1-4-15-12(16-5-2)11(13-3)8-10-6-7-14-9-10/h6-7,9,11-13H,4-5,8H2,1-3H3. The van der Waals surface area contributed by atoms with Crippen LogP contribution in [0.2, 0.25) is 0 Å². The molecule has 0 bridgehead atoms. The zero-order valence-corrected chi connectivity index (χ0v) is 10.2. The maximum atomic E-state index is 5.57. The highest BCUT2D eigenvalue weighted by atomic mass is 16.7. The molecule has 1 aromatic rings. The minimum absolute atomic E-state index is 0.137. The van der Waals surface area contributed by atoms with E-state index in [0.717, 1.165) is 12.0 Å². The van der Waals surface area contributed by atoms with Crippen LogP contribution >= 0.6 is 0 Å². The van der Waals surface area contributed by atoms with Crippen molar-refractivity contribution in [2.24, 2.45) is 0 Å². The fraction of sp³-hybridized carbons (Fsp3) is 0.667. The van der Waals surface area contributed by atoms with Crippen molar-refractivity contribution >= 4 is 0 Å². The molecule has 0 aliphatic heterocycles. The highest BCUT2D eigenvalue weighted by Gasteiger charge is 2.21. The molecule has 0 saturated heterocycles. The lowest BCUT2D eigenvalue weighted by Crippen LogP contribution is -2.42. The van der Waals surface area contributed by atoms with E-state index in [1.165, 1.54) is 0 Å². The van der Waals surface area contributed by atoms with Crippen LogP contribution in [0.3, 0.4) is 0 Å². The van der Waals surface area contributed by atoms with Crippen LogP contribution in [0.1, 0.15) is 19.4 Å². The van der Waals surface area contributed by atoms with Gasteiger partial charge in [-0.05, 0) is 38.9 Å². The number of nitrogens with one attached hydrogen (secondary N) is 1. The van der Waals surface area contributed by atoms with Gasteiger partial charge in [0.2, 0.25) is 0 Å². The van der Waals surface area contributed by atoms with E-state index in [-0.39, 0.29) is 12.3 Å². The van der Waals surface area contributed by atoms with Crippen LogP contribution in [-0.2, 0) is 15.9 Å². The third-order valence-corrected chi connectivity index (χ3v) is 2.40. The number of rotatable bonds is 8. The monoisotopic (exact) mass is 227 g/mol. The largest absolute Gasteiger partial charge is 0.472 e. The third kappa shape index (κ3) is 3.96. The molecule has 0 aromatic carbocycles. The second-order valence-corrected chi connectivity index (χ2v) is 3.51. The van der Waals surface area contributed by atoms with Gasteiger partial charge >= 0.3 is 0 Å². The van der Waals surface area contributed by atoms with Crippen molar-refractivity contribution in [3.05, 3.63) is 24.2 Å². The van der Waals surface area contributed by atoms with Crippen LogP contribution < -0.4 is 5.32 Å². The number of hydrogen-bond acceptors (Lipinski definition) is 4. The van der Waals surface area contributed by atoms with Gasteiger partial charge in [0.15, 0.2) is 6.29 Å². The minimum Gasteiger partial charge on any atom is -0.472 e. The predicted molar refractivity (Wildman–Crippen MR) is 62.3 cm³/mol. The number of hydrogen-bond donors (Lipinski definition) is 1. The lowest BCUT2D eigenvalue weighted by molar-refractivity contribution is -0.152. The summed E-state index contributed by atoms with van der Waals surface area (Å²) in [5.74, 6) is 0. The summed E-state index contributed by atoms with van der Waals surface area (Å²) >= 11 is 0. The normalized spacial score (nSPS) is 13.2. The van der Waals surface area contributed by atoms with Crippen molar-refractivity contribution in [3.63, 3.8) is 0 Å². The Hall–Kier alpha value is -0.840. The first-order valence-corrected chi connectivity index (χ1v) is 5.73. The second kappa shape index (κ2) is 7.44. The first-order chi connectivity index (χ1) is 7.81. The Balaban J connectivity index is 2.55. The van der Waals surface area contributed by atoms with Crippen molar-refractivity contribution < 1.29 is 13.9 Å². The summed E-state index contributed by atoms with van der Waals surface area (Å²) < 4.78 is 16.2. The van der Waals surface area contributed by atoms with E-state index < -0.39 is 0 Å². The fourth-order valence-corrected chi connectivity index (χ4v) is 1.61. The van der Waals surface area contributed by atoms with E-state index in [0.29, 0.717) is 13.2 Å². The summed E-state index contributed by atoms with van der Waals surface area (Å²) in [7, 11) is 1.91. The molecular formula is C12H21NO3. The molecule has 0 aliphatic rings. The van der Waals surface area contributed by atoms with E-state index in [4.69, 9.17) is 13.9 Å². The van der Waals surface area contributed by atoms with E-state index in [1.54, 1.807) is 12.5 Å². The van der Waals surface area contributed by atoms with E-state index in [1.807, 2.05) is 27.0 Å². The van der Waals surface area contributed by atoms with Crippen LogP contribution in [-0.4, -0.2) is 32.6 Å². The minimum atomic E-state index is -0.213. The van der Waals surface area contributed by atoms with Gasteiger partial charge in [-0.1, -0.05) is 0 Å². The van der Waals surface area contributed by atoms with Crippen LogP contribution in [0.25, 0.3) is 0 Å². The number of furan rings is 1. The summed E-state index contributed by atoms with van der Waals surface area (Å²) in [6, 6.07) is 2.09. The molecule has 0 fully saturated rings. The lowest BCUT2D eigenvalue weighted by atomic mass is 10.1. The van der Waals surface area contributed by atoms with Gasteiger partial charge in [0, 0.05) is 13.2 Å². The first kappa shape index (κ1) is 13.2. The summed E-state index contributed by atoms with van der Waals surface area (Å²) in [6.45, 7) is 5.23. The van der Waals surface area contributed by atoms with E-state index in [2.05, 4.69) is 5.32 Å². The van der Waals surface area contributed by atoms with Crippen molar-refractivity contribution in [2.75, 3.05) is 20.3 Å². The molecule has 1 atom stereocenters. The Morgan fingerprint density at radius 3 is 2.44 bits per heavy atom. The van der Waals surface area contributed by atoms with Crippen LogP contribution in [0, 0.1) is 0 Å². The predicted octanol–water partition coefficient (Wildman–Crippen LogP) is 1.81. The zero-order chi connectivity index (χ0) is 11.8. The quantitative estimate of drug-likeness (QED) is 0.688. The van der Waals surface area contributed by atoms with Gasteiger partial charge in [-0.25, -0.2) is 0 Å². The van der Waals surface area contributed by atoms with Gasteiger partial charge in [0.05, 0.1) is 18.6 Å². The maximum absolute atomic E-state index is 5.57. The summed E-state index contributed by atoms with van der Waals surface area (Å²) in [6.07, 6.45) is 4.05. The maximum Gasteiger partial charge on any atom is 0.172 e. The number of likely N-dealkylation sites (N-methyl/N-ethyl adjacent to an activating group) is 1. The van der Waals surface area contributed by atoms with Gasteiger partial charge in [-0.2, -0.15) is 0 Å². The molecule has 1 rings (SSSR count). The van der Waals surface area contributed by atoms with Crippen molar-refractivity contribution in [1.82, 2.24) is 5.32 Å². The first-order valence-electron chi connectivity index (χ1n) is 5.73. The van der Waals surface area contributed by atoms with Crippen LogP contribution in [0.4, 0.5) is 0 Å². The SMILES string of the molecule is CCOC(OCC)C(Cc1ccoc1)NC. The van der Waals surface area contributed by atoms with Gasteiger partial charge in [-0.3, -0.25) is 0 Å². The van der Waals surface area contributed by atoms with Gasteiger partial charge in [-0.15, -0.1) is 0 Å². The van der Waals surface area contributed by atoms with Crippen LogP contribution in [0.15, 0.2) is 23.0 Å². The molecule has 0 aliphatic carbocycles. The Morgan fingerprint density at radius 1 is 1.31 bits per heavy atom. The molecule has 16 heavy (non-hydrogen) atoms. The van der Waals surface area contributed by atoms with Gasteiger partial charge < -0.3 is 19.2 Å². The molecular weight excluding hydrogens is 206 g/mol. The summed E-state index contributed by atoms with van der Waals surface area (Å²) in [5.41, 5.74) is 1.14. The summed E-state index contributed by atoms with van der Waals surface area (Å²) in [4.78, 5) is 0. The molecule has 4 heteroatoms. The average Bonchev–Trinajstić information content (AvgIpc) is 2.78. The molecule has 0 amide bonds. The van der Waals surface area contributed by atoms with E-state index >= 15 is 0 Å². The highest BCUT2D eigenvalue weighted by molar-refractivity contribution is 5.07. The topological polar surface area (TPSA) is 43.6 Å². The highest BCUT2D eigenvalue weighted by Crippen LogP contribution is 2.10.